The Bertz CT molecular complexity index is 1140. The molecule has 0 fully saturated rings. The zero-order valence-corrected chi connectivity index (χ0v) is 20.1. The summed E-state index contributed by atoms with van der Waals surface area (Å²) in [7, 11) is 0. The van der Waals surface area contributed by atoms with Gasteiger partial charge >= 0.3 is 0 Å². The van der Waals surface area contributed by atoms with Crippen LogP contribution in [0.1, 0.15) is 31.7 Å². The fourth-order valence-electron chi connectivity index (χ4n) is 3.36. The first-order valence-corrected chi connectivity index (χ1v) is 11.7. The predicted molar refractivity (Wildman–Crippen MR) is 137 cm³/mol. The van der Waals surface area contributed by atoms with E-state index in [1.165, 1.54) is 24.3 Å². The first-order valence-electron chi connectivity index (χ1n) is 11.7. The molecule has 0 heterocycles. The molecule has 36 heavy (non-hydrogen) atoms. The standard InChI is InChI=1S/C28H30FN3O4/c1-2-6-22(30)17-27(33)32-26(19-35-18-20-7-4-3-5-8-20)28(34)31-23-11-15-25(16-12-23)36-24-13-9-21(29)10-14-24/h3-5,7-16,26,30H,2,6,17-19H2,1H3,(H,31,34)(H,32,33)/t26-/m0/s1. The maximum Gasteiger partial charge on any atom is 0.249 e. The summed E-state index contributed by atoms with van der Waals surface area (Å²) in [5, 5.41) is 13.4. The van der Waals surface area contributed by atoms with Crippen molar-refractivity contribution in [3.63, 3.8) is 0 Å². The normalized spacial score (nSPS) is 11.4. The number of rotatable bonds is 13. The second kappa shape index (κ2) is 13.7. The second-order valence-corrected chi connectivity index (χ2v) is 8.22. The first kappa shape index (κ1) is 26.6. The molecule has 0 bridgehead atoms. The molecule has 0 aliphatic rings. The number of ether oxygens (including phenoxy) is 2. The van der Waals surface area contributed by atoms with Gasteiger partial charge in [0, 0.05) is 11.4 Å². The summed E-state index contributed by atoms with van der Waals surface area (Å²) >= 11 is 0. The third-order valence-corrected chi connectivity index (χ3v) is 5.14. The highest BCUT2D eigenvalue weighted by atomic mass is 19.1. The number of benzene rings is 3. The molecule has 0 aliphatic carbocycles. The molecule has 0 radical (unpaired) electrons. The van der Waals surface area contributed by atoms with Gasteiger partial charge in [0.05, 0.1) is 19.6 Å². The van der Waals surface area contributed by atoms with Crippen LogP contribution in [0.5, 0.6) is 11.5 Å². The summed E-state index contributed by atoms with van der Waals surface area (Å²) in [4.78, 5) is 25.4. The molecule has 0 saturated heterocycles. The predicted octanol–water partition coefficient (Wildman–Crippen LogP) is 5.47. The third kappa shape index (κ3) is 8.96. The molecule has 3 aromatic rings. The number of amides is 2. The molecule has 0 saturated carbocycles. The highest BCUT2D eigenvalue weighted by molar-refractivity contribution is 6.02. The van der Waals surface area contributed by atoms with E-state index >= 15 is 0 Å². The lowest BCUT2D eigenvalue weighted by Crippen LogP contribution is -2.47. The lowest BCUT2D eigenvalue weighted by molar-refractivity contribution is -0.127. The van der Waals surface area contributed by atoms with Crippen molar-refractivity contribution in [3.8, 4) is 11.5 Å². The summed E-state index contributed by atoms with van der Waals surface area (Å²) < 4.78 is 24.4. The van der Waals surface area contributed by atoms with Crippen molar-refractivity contribution in [2.45, 2.75) is 38.8 Å². The molecule has 3 N–H and O–H groups in total. The van der Waals surface area contributed by atoms with Gasteiger partial charge in [-0.1, -0.05) is 43.7 Å². The van der Waals surface area contributed by atoms with Crippen LogP contribution in [-0.4, -0.2) is 30.2 Å². The topological polar surface area (TPSA) is 101 Å². The van der Waals surface area contributed by atoms with Crippen LogP contribution in [0.25, 0.3) is 0 Å². The van der Waals surface area contributed by atoms with E-state index in [1.807, 2.05) is 37.3 Å². The summed E-state index contributed by atoms with van der Waals surface area (Å²) in [6, 6.07) is 20.9. The Morgan fingerprint density at radius 3 is 2.22 bits per heavy atom. The summed E-state index contributed by atoms with van der Waals surface area (Å²) in [5.41, 5.74) is 1.77. The Morgan fingerprint density at radius 2 is 1.58 bits per heavy atom. The zero-order valence-electron chi connectivity index (χ0n) is 20.1. The molecule has 3 rings (SSSR count). The van der Waals surface area contributed by atoms with Crippen LogP contribution in [0.4, 0.5) is 10.1 Å². The molecule has 7 nitrogen and oxygen atoms in total. The minimum absolute atomic E-state index is 0.0284. The SMILES string of the molecule is CCCC(=N)CC(=O)N[C@@H](COCc1ccccc1)C(=O)Nc1ccc(Oc2ccc(F)cc2)cc1. The number of halogens is 1. The molecule has 0 spiro atoms. The number of carbonyl (C=O) groups excluding carboxylic acids is 2. The first-order chi connectivity index (χ1) is 17.4. The maximum absolute atomic E-state index is 13.1. The fraction of sp³-hybridized carbons (Fsp3) is 0.250. The van der Waals surface area contributed by atoms with E-state index in [0.29, 0.717) is 35.9 Å². The van der Waals surface area contributed by atoms with E-state index in [1.54, 1.807) is 24.3 Å². The number of carbonyl (C=O) groups is 2. The average Bonchev–Trinajstić information content (AvgIpc) is 2.86. The third-order valence-electron chi connectivity index (χ3n) is 5.14. The van der Waals surface area contributed by atoms with Gasteiger partial charge < -0.3 is 25.5 Å². The highest BCUT2D eigenvalue weighted by Crippen LogP contribution is 2.23. The van der Waals surface area contributed by atoms with Crippen LogP contribution in [0.15, 0.2) is 78.9 Å². The van der Waals surface area contributed by atoms with Crippen LogP contribution in [0, 0.1) is 11.2 Å². The number of hydrogen-bond donors (Lipinski definition) is 3. The van der Waals surface area contributed by atoms with E-state index in [2.05, 4.69) is 10.6 Å². The lowest BCUT2D eigenvalue weighted by atomic mass is 10.1. The number of anilines is 1. The molecular weight excluding hydrogens is 461 g/mol. The molecule has 1 atom stereocenters. The quantitative estimate of drug-likeness (QED) is 0.276. The van der Waals surface area contributed by atoms with Crippen LogP contribution in [0.3, 0.4) is 0 Å². The summed E-state index contributed by atoms with van der Waals surface area (Å²) in [6.45, 7) is 2.21. The van der Waals surface area contributed by atoms with Gasteiger partial charge in [-0.2, -0.15) is 0 Å². The van der Waals surface area contributed by atoms with Crippen molar-refractivity contribution in [1.29, 1.82) is 5.41 Å². The minimum Gasteiger partial charge on any atom is -0.457 e. The van der Waals surface area contributed by atoms with E-state index in [0.717, 1.165) is 12.0 Å². The Labute approximate surface area is 210 Å². The van der Waals surface area contributed by atoms with Crippen LogP contribution >= 0.6 is 0 Å². The molecule has 0 aliphatic heterocycles. The van der Waals surface area contributed by atoms with Crippen LogP contribution < -0.4 is 15.4 Å². The fourth-order valence-corrected chi connectivity index (χ4v) is 3.36. The van der Waals surface area contributed by atoms with Crippen molar-refractivity contribution < 1.29 is 23.5 Å². The Balaban J connectivity index is 1.60. The Hall–Kier alpha value is -4.04. The van der Waals surface area contributed by atoms with Crippen molar-refractivity contribution in [1.82, 2.24) is 5.32 Å². The van der Waals surface area contributed by atoms with Crippen LogP contribution in [-0.2, 0) is 20.9 Å². The summed E-state index contributed by atoms with van der Waals surface area (Å²) in [6.07, 6.45) is 1.24. The molecule has 3 aromatic carbocycles. The van der Waals surface area contributed by atoms with Crippen molar-refractivity contribution >= 4 is 23.2 Å². The lowest BCUT2D eigenvalue weighted by Gasteiger charge is -2.19. The average molecular weight is 492 g/mol. The molecule has 188 valence electrons. The molecule has 0 unspecified atom stereocenters. The van der Waals surface area contributed by atoms with Crippen molar-refractivity contribution in [3.05, 3.63) is 90.2 Å². The number of hydrogen-bond acceptors (Lipinski definition) is 5. The van der Waals surface area contributed by atoms with Gasteiger partial charge in [0.25, 0.3) is 0 Å². The van der Waals surface area contributed by atoms with Gasteiger partial charge in [-0.15, -0.1) is 0 Å². The molecule has 0 aromatic heterocycles. The maximum atomic E-state index is 13.1. The monoisotopic (exact) mass is 491 g/mol. The van der Waals surface area contributed by atoms with Crippen molar-refractivity contribution in [2.75, 3.05) is 11.9 Å². The molecule has 2 amide bonds. The van der Waals surface area contributed by atoms with Gasteiger partial charge in [-0.05, 0) is 60.5 Å². The number of nitrogens with one attached hydrogen (secondary N) is 3. The van der Waals surface area contributed by atoms with E-state index in [-0.39, 0.29) is 18.8 Å². The van der Waals surface area contributed by atoms with E-state index < -0.39 is 17.9 Å². The van der Waals surface area contributed by atoms with Gasteiger partial charge in [0.2, 0.25) is 11.8 Å². The van der Waals surface area contributed by atoms with Gasteiger partial charge in [-0.3, -0.25) is 9.59 Å². The minimum atomic E-state index is -0.939. The van der Waals surface area contributed by atoms with Crippen LogP contribution in [0.2, 0.25) is 0 Å². The Kier molecular flexibility index (Phi) is 10.1. The molecule has 8 heteroatoms. The largest absolute Gasteiger partial charge is 0.457 e. The second-order valence-electron chi connectivity index (χ2n) is 8.22. The van der Waals surface area contributed by atoms with Gasteiger partial charge in [0.1, 0.15) is 23.4 Å². The van der Waals surface area contributed by atoms with Crippen molar-refractivity contribution in [2.24, 2.45) is 0 Å². The van der Waals surface area contributed by atoms with Gasteiger partial charge in [-0.25, -0.2) is 4.39 Å². The smallest absolute Gasteiger partial charge is 0.249 e. The van der Waals surface area contributed by atoms with E-state index in [9.17, 15) is 14.0 Å². The Morgan fingerprint density at radius 1 is 0.944 bits per heavy atom. The zero-order chi connectivity index (χ0) is 25.8. The van der Waals surface area contributed by atoms with Gasteiger partial charge in [0.15, 0.2) is 0 Å². The highest BCUT2D eigenvalue weighted by Gasteiger charge is 2.22. The molecular formula is C28H30FN3O4. The van der Waals surface area contributed by atoms with E-state index in [4.69, 9.17) is 14.9 Å². The summed E-state index contributed by atoms with van der Waals surface area (Å²) in [5.74, 6) is -0.187.